The molecule has 0 atom stereocenters. The van der Waals surface area contributed by atoms with Gasteiger partial charge in [0, 0.05) is 86.9 Å². The Morgan fingerprint density at radius 1 is 0.885 bits per heavy atom. The van der Waals surface area contributed by atoms with Gasteiger partial charge in [-0.1, -0.05) is 30.3 Å². The molecule has 0 bridgehead atoms. The molecule has 3 heterocycles. The Morgan fingerprint density at radius 2 is 1.63 bits per heavy atom. The van der Waals surface area contributed by atoms with Crippen LogP contribution < -0.4 is 10.2 Å². The first-order valence-corrected chi connectivity index (χ1v) is 18.0. The number of rotatable bonds is 13. The Hall–Kier alpha value is -4.74. The number of carbonyl (C=O) groups excluding carboxylic acids is 2. The molecule has 2 aliphatic rings. The number of hydrogen-bond donors (Lipinski definition) is 1. The number of likely N-dealkylation sites (N-methyl/N-ethyl adjacent to an activating group) is 1. The molecule has 274 valence electrons. The highest BCUT2D eigenvalue weighted by atomic mass is 19.3. The lowest BCUT2D eigenvalue weighted by Crippen LogP contribution is -2.41. The molecule has 6 rings (SSSR count). The molecule has 0 spiro atoms. The van der Waals surface area contributed by atoms with Crippen LogP contribution in [0.15, 0.2) is 85.1 Å². The van der Waals surface area contributed by atoms with Gasteiger partial charge in [0.1, 0.15) is 6.67 Å². The Morgan fingerprint density at radius 3 is 2.42 bits per heavy atom. The van der Waals surface area contributed by atoms with Crippen molar-refractivity contribution in [1.82, 2.24) is 14.8 Å². The second-order valence-electron chi connectivity index (χ2n) is 13.6. The highest BCUT2D eigenvalue weighted by molar-refractivity contribution is 6.08. The van der Waals surface area contributed by atoms with Crippen molar-refractivity contribution in [1.29, 1.82) is 0 Å². The third-order valence-corrected chi connectivity index (χ3v) is 9.88. The minimum atomic E-state index is -3.18. The number of nitrogens with one attached hydrogen (secondary N) is 1. The SMILES string of the molecule is CN(CCN1CCOCC1)C(=O)c1cccc(C(=O)Nc2ccc(N3CCCCC3)cc2-c2cc(C(F)(F)CCc3cccc(CF)c3)ccn2)c1. The number of amides is 2. The number of ether oxygens (including phenoxy) is 1. The number of nitrogens with zero attached hydrogens (tertiary/aromatic N) is 4. The molecule has 1 N–H and O–H groups in total. The Labute approximate surface area is 303 Å². The third-order valence-electron chi connectivity index (χ3n) is 9.88. The smallest absolute Gasteiger partial charge is 0.273 e. The number of hydrogen-bond acceptors (Lipinski definition) is 6. The van der Waals surface area contributed by atoms with Gasteiger partial charge in [-0.2, -0.15) is 0 Å². The molecule has 2 saturated heterocycles. The van der Waals surface area contributed by atoms with Crippen LogP contribution in [0.2, 0.25) is 0 Å². The molecule has 0 aliphatic carbocycles. The number of pyridine rings is 1. The van der Waals surface area contributed by atoms with Gasteiger partial charge in [0.15, 0.2) is 0 Å². The molecule has 52 heavy (non-hydrogen) atoms. The Balaban J connectivity index is 1.22. The molecule has 8 nitrogen and oxygen atoms in total. The maximum absolute atomic E-state index is 15.7. The van der Waals surface area contributed by atoms with Crippen LogP contribution in [-0.4, -0.2) is 86.1 Å². The fourth-order valence-corrected chi connectivity index (χ4v) is 6.75. The summed E-state index contributed by atoms with van der Waals surface area (Å²) in [6.45, 7) is 5.41. The summed E-state index contributed by atoms with van der Waals surface area (Å²) in [5.41, 5.74) is 3.76. The average Bonchev–Trinajstić information content (AvgIpc) is 3.20. The van der Waals surface area contributed by atoms with Gasteiger partial charge in [-0.05, 0) is 85.3 Å². The van der Waals surface area contributed by atoms with E-state index in [0.29, 0.717) is 59.0 Å². The van der Waals surface area contributed by atoms with Crippen LogP contribution in [0, 0.1) is 0 Å². The first kappa shape index (κ1) is 37.0. The van der Waals surface area contributed by atoms with E-state index in [-0.39, 0.29) is 17.9 Å². The molecule has 0 unspecified atom stereocenters. The van der Waals surface area contributed by atoms with Crippen molar-refractivity contribution < 1.29 is 27.5 Å². The molecular formula is C41H46F3N5O3. The largest absolute Gasteiger partial charge is 0.379 e. The average molecular weight is 714 g/mol. The second-order valence-corrected chi connectivity index (χ2v) is 13.6. The summed E-state index contributed by atoms with van der Waals surface area (Å²) in [7, 11) is 1.75. The number of piperidine rings is 1. The molecule has 1 aromatic heterocycles. The molecule has 2 aliphatic heterocycles. The van der Waals surface area contributed by atoms with E-state index in [1.165, 1.54) is 18.3 Å². The fourth-order valence-electron chi connectivity index (χ4n) is 6.75. The molecule has 2 fully saturated rings. The lowest BCUT2D eigenvalue weighted by atomic mass is 9.98. The topological polar surface area (TPSA) is 78.0 Å². The number of benzene rings is 3. The van der Waals surface area contributed by atoms with Gasteiger partial charge < -0.3 is 19.9 Å². The number of halogens is 3. The highest BCUT2D eigenvalue weighted by Gasteiger charge is 2.32. The summed E-state index contributed by atoms with van der Waals surface area (Å²) >= 11 is 0. The quantitative estimate of drug-likeness (QED) is 0.154. The molecule has 4 aromatic rings. The molecule has 3 aromatic carbocycles. The third kappa shape index (κ3) is 9.37. The summed E-state index contributed by atoms with van der Waals surface area (Å²) in [6, 6.07) is 21.6. The number of aromatic nitrogens is 1. The highest BCUT2D eigenvalue weighted by Crippen LogP contribution is 2.38. The van der Waals surface area contributed by atoms with Crippen molar-refractivity contribution in [2.24, 2.45) is 0 Å². The second kappa shape index (κ2) is 17.2. The summed E-state index contributed by atoms with van der Waals surface area (Å²) in [4.78, 5) is 37.7. The van der Waals surface area contributed by atoms with Crippen LogP contribution in [-0.2, 0) is 23.8 Å². The van der Waals surface area contributed by atoms with E-state index in [1.54, 1.807) is 66.5 Å². The van der Waals surface area contributed by atoms with Crippen LogP contribution in [0.1, 0.15) is 63.1 Å². The lowest BCUT2D eigenvalue weighted by molar-refractivity contribution is -0.0130. The molecule has 2 amide bonds. The van der Waals surface area contributed by atoms with E-state index >= 15 is 8.78 Å². The maximum Gasteiger partial charge on any atom is 0.273 e. The number of anilines is 2. The van der Waals surface area contributed by atoms with Gasteiger partial charge in [0.25, 0.3) is 17.7 Å². The number of carbonyl (C=O) groups is 2. The zero-order valence-corrected chi connectivity index (χ0v) is 29.6. The van der Waals surface area contributed by atoms with Crippen molar-refractivity contribution >= 4 is 23.2 Å². The van der Waals surface area contributed by atoms with Crippen LogP contribution in [0.3, 0.4) is 0 Å². The van der Waals surface area contributed by atoms with Crippen LogP contribution in [0.5, 0.6) is 0 Å². The number of aryl methyl sites for hydroxylation is 1. The summed E-state index contributed by atoms with van der Waals surface area (Å²) < 4.78 is 50.0. The van der Waals surface area contributed by atoms with Gasteiger partial charge in [0.2, 0.25) is 0 Å². The van der Waals surface area contributed by atoms with E-state index in [1.807, 2.05) is 12.1 Å². The van der Waals surface area contributed by atoms with Crippen molar-refractivity contribution in [3.8, 4) is 11.3 Å². The van der Waals surface area contributed by atoms with Gasteiger partial charge >= 0.3 is 0 Å². The summed E-state index contributed by atoms with van der Waals surface area (Å²) in [6.07, 6.45) is 4.25. The Kier molecular flexibility index (Phi) is 12.2. The predicted molar refractivity (Wildman–Crippen MR) is 198 cm³/mol. The molecule has 0 radical (unpaired) electrons. The molecular weight excluding hydrogens is 667 g/mol. The van der Waals surface area contributed by atoms with Crippen molar-refractivity contribution in [2.75, 3.05) is 69.7 Å². The van der Waals surface area contributed by atoms with Crippen molar-refractivity contribution in [2.45, 2.75) is 44.7 Å². The van der Waals surface area contributed by atoms with Crippen LogP contribution >= 0.6 is 0 Å². The lowest BCUT2D eigenvalue weighted by Gasteiger charge is -2.29. The van der Waals surface area contributed by atoms with Gasteiger partial charge in [-0.25, -0.2) is 13.2 Å². The van der Waals surface area contributed by atoms with Gasteiger partial charge in [-0.15, -0.1) is 0 Å². The monoisotopic (exact) mass is 713 g/mol. The van der Waals surface area contributed by atoms with Gasteiger partial charge in [0.05, 0.1) is 24.6 Å². The normalized spacial score (nSPS) is 15.3. The zero-order valence-electron chi connectivity index (χ0n) is 29.6. The standard InChI is InChI=1S/C41H46F3N5O3/c1-47(19-20-48-21-23-52-24-22-48)40(51)33-10-6-9-32(26-33)39(50)46-37-12-11-35(49-17-3-2-4-18-49)28-36(37)38-27-34(14-16-45-38)41(43,44)15-13-30-7-5-8-31(25-30)29-42/h5-12,14,16,25-28H,2-4,13,15,17-24,29H2,1H3,(H,46,50). The van der Waals surface area contributed by atoms with Crippen LogP contribution in [0.25, 0.3) is 11.3 Å². The van der Waals surface area contributed by atoms with Crippen LogP contribution in [0.4, 0.5) is 24.5 Å². The van der Waals surface area contributed by atoms with E-state index in [2.05, 4.69) is 20.1 Å². The van der Waals surface area contributed by atoms with E-state index < -0.39 is 24.9 Å². The zero-order chi connectivity index (χ0) is 36.5. The van der Waals surface area contributed by atoms with Crippen molar-refractivity contribution in [3.63, 3.8) is 0 Å². The summed E-state index contributed by atoms with van der Waals surface area (Å²) in [5, 5.41) is 2.98. The molecule has 11 heteroatoms. The first-order valence-electron chi connectivity index (χ1n) is 18.0. The van der Waals surface area contributed by atoms with E-state index in [0.717, 1.165) is 57.7 Å². The van der Waals surface area contributed by atoms with Crippen molar-refractivity contribution in [3.05, 3.63) is 113 Å². The van der Waals surface area contributed by atoms with E-state index in [9.17, 15) is 14.0 Å². The Bertz CT molecular complexity index is 1840. The molecule has 0 saturated carbocycles. The summed E-state index contributed by atoms with van der Waals surface area (Å²) in [5.74, 6) is -3.80. The number of morpholine rings is 1. The first-order chi connectivity index (χ1) is 25.2. The fraction of sp³-hybridized carbons (Fsp3) is 0.390. The minimum Gasteiger partial charge on any atom is -0.379 e. The number of alkyl halides is 3. The predicted octanol–water partition coefficient (Wildman–Crippen LogP) is 7.59. The minimum absolute atomic E-state index is 0.0788. The van der Waals surface area contributed by atoms with E-state index in [4.69, 9.17) is 4.74 Å². The maximum atomic E-state index is 15.7. The van der Waals surface area contributed by atoms with Gasteiger partial charge in [-0.3, -0.25) is 19.5 Å².